The van der Waals surface area contributed by atoms with Crippen molar-refractivity contribution in [3.8, 4) is 0 Å². The van der Waals surface area contributed by atoms with Gasteiger partial charge in [-0.3, -0.25) is 0 Å². The van der Waals surface area contributed by atoms with Gasteiger partial charge in [0, 0.05) is 18.1 Å². The number of nitrogens with zero attached hydrogens (tertiary/aromatic N) is 2. The molecule has 6 heteroatoms. The number of aromatic nitrogens is 1. The fraction of sp³-hybridized carbons (Fsp3) is 0.353. The number of hydrogen-bond donors (Lipinski definition) is 0. The highest BCUT2D eigenvalue weighted by Gasteiger charge is 2.32. The summed E-state index contributed by atoms with van der Waals surface area (Å²) in [5, 5.41) is 0.851. The van der Waals surface area contributed by atoms with E-state index in [9.17, 15) is 8.42 Å². The quantitative estimate of drug-likeness (QED) is 0.826. The predicted molar refractivity (Wildman–Crippen MR) is 92.5 cm³/mol. The van der Waals surface area contributed by atoms with Gasteiger partial charge in [-0.1, -0.05) is 17.7 Å². The Kier molecular flexibility index (Phi) is 3.89. The fourth-order valence-corrected chi connectivity index (χ4v) is 3.84. The summed E-state index contributed by atoms with van der Waals surface area (Å²) in [6, 6.07) is 9.30. The van der Waals surface area contributed by atoms with Crippen LogP contribution in [0.3, 0.4) is 0 Å². The van der Waals surface area contributed by atoms with Crippen LogP contribution in [0.25, 0.3) is 0 Å². The molecule has 0 aliphatic carbocycles. The van der Waals surface area contributed by atoms with Crippen molar-refractivity contribution in [1.29, 1.82) is 0 Å². The van der Waals surface area contributed by atoms with Crippen molar-refractivity contribution in [2.75, 3.05) is 4.90 Å². The van der Waals surface area contributed by atoms with Crippen molar-refractivity contribution in [3.05, 3.63) is 52.7 Å². The Bertz CT molecular complexity index is 840. The zero-order chi connectivity index (χ0) is 16.8. The third-order valence-electron chi connectivity index (χ3n) is 4.06. The van der Waals surface area contributed by atoms with E-state index in [-0.39, 0.29) is 5.03 Å². The molecule has 0 saturated heterocycles. The molecule has 1 aromatic carbocycles. The van der Waals surface area contributed by atoms with E-state index >= 15 is 0 Å². The molecule has 0 radical (unpaired) electrons. The second kappa shape index (κ2) is 5.49. The van der Waals surface area contributed by atoms with Crippen molar-refractivity contribution in [2.45, 2.75) is 43.6 Å². The van der Waals surface area contributed by atoms with Crippen LogP contribution in [0.4, 0.5) is 5.69 Å². The molecular weight excluding hydrogens is 332 g/mol. The fourth-order valence-electron chi connectivity index (χ4n) is 2.58. The lowest BCUT2D eigenvalue weighted by molar-refractivity contribution is 0.556. The van der Waals surface area contributed by atoms with E-state index in [0.29, 0.717) is 0 Å². The van der Waals surface area contributed by atoms with Crippen LogP contribution in [0, 0.1) is 0 Å². The van der Waals surface area contributed by atoms with Crippen LogP contribution in [0.1, 0.15) is 31.9 Å². The van der Waals surface area contributed by atoms with E-state index in [0.717, 1.165) is 23.8 Å². The SMILES string of the molecule is CC(C)(C)S(=O)(=O)c1ccc(N2Cc3ccc(Cl)cc3C2)cn1. The maximum atomic E-state index is 12.4. The van der Waals surface area contributed by atoms with Gasteiger partial charge in [0.25, 0.3) is 0 Å². The highest BCUT2D eigenvalue weighted by Crippen LogP contribution is 2.31. The highest BCUT2D eigenvalue weighted by molar-refractivity contribution is 7.92. The van der Waals surface area contributed by atoms with Gasteiger partial charge in [-0.05, 0) is 56.2 Å². The first-order valence-corrected chi connectivity index (χ1v) is 9.27. The van der Waals surface area contributed by atoms with Crippen molar-refractivity contribution in [1.82, 2.24) is 4.98 Å². The number of sulfone groups is 1. The van der Waals surface area contributed by atoms with Crippen LogP contribution in [-0.2, 0) is 22.9 Å². The number of fused-ring (bicyclic) bond motifs is 1. The summed E-state index contributed by atoms with van der Waals surface area (Å²) in [7, 11) is -3.42. The van der Waals surface area contributed by atoms with Gasteiger partial charge in [-0.15, -0.1) is 0 Å². The third kappa shape index (κ3) is 2.95. The van der Waals surface area contributed by atoms with Crippen LogP contribution in [0.5, 0.6) is 0 Å². The number of rotatable bonds is 2. The van der Waals surface area contributed by atoms with Gasteiger partial charge in [0.2, 0.25) is 0 Å². The molecule has 0 amide bonds. The molecule has 0 N–H and O–H groups in total. The van der Waals surface area contributed by atoms with E-state index in [2.05, 4.69) is 9.88 Å². The summed E-state index contributed by atoms with van der Waals surface area (Å²) >= 11 is 6.03. The molecule has 0 fully saturated rings. The zero-order valence-electron chi connectivity index (χ0n) is 13.4. The van der Waals surface area contributed by atoms with Crippen molar-refractivity contribution >= 4 is 27.1 Å². The van der Waals surface area contributed by atoms with Gasteiger partial charge in [0.05, 0.1) is 16.6 Å². The van der Waals surface area contributed by atoms with Gasteiger partial charge in [-0.25, -0.2) is 13.4 Å². The molecule has 1 aliphatic rings. The monoisotopic (exact) mass is 350 g/mol. The number of anilines is 1. The minimum absolute atomic E-state index is 0.119. The number of pyridine rings is 1. The van der Waals surface area contributed by atoms with Crippen LogP contribution in [0.2, 0.25) is 5.02 Å². The minimum Gasteiger partial charge on any atom is -0.362 e. The first-order chi connectivity index (χ1) is 10.7. The van der Waals surface area contributed by atoms with Crippen molar-refractivity contribution in [3.63, 3.8) is 0 Å². The highest BCUT2D eigenvalue weighted by atomic mass is 35.5. The van der Waals surface area contributed by atoms with E-state index in [1.54, 1.807) is 33.0 Å². The molecular formula is C17H19ClN2O2S. The topological polar surface area (TPSA) is 50.3 Å². The zero-order valence-corrected chi connectivity index (χ0v) is 14.9. The maximum Gasteiger partial charge on any atom is 0.200 e. The third-order valence-corrected chi connectivity index (χ3v) is 6.70. The van der Waals surface area contributed by atoms with E-state index in [1.807, 2.05) is 24.3 Å². The average molecular weight is 351 g/mol. The Hall–Kier alpha value is -1.59. The maximum absolute atomic E-state index is 12.4. The number of benzene rings is 1. The summed E-state index contributed by atoms with van der Waals surface area (Å²) in [5.74, 6) is 0. The molecule has 122 valence electrons. The standard InChI is InChI=1S/C17H19ClN2O2S/c1-17(2,3)23(21,22)16-7-6-15(9-19-16)20-10-12-4-5-14(18)8-13(12)11-20/h4-9H,10-11H2,1-3H3. The molecule has 0 atom stereocenters. The molecule has 1 aliphatic heterocycles. The first-order valence-electron chi connectivity index (χ1n) is 7.41. The normalized spacial score (nSPS) is 14.9. The van der Waals surface area contributed by atoms with E-state index < -0.39 is 14.6 Å². The van der Waals surface area contributed by atoms with E-state index in [1.165, 1.54) is 11.1 Å². The average Bonchev–Trinajstić information content (AvgIpc) is 2.89. The molecule has 2 aromatic rings. The predicted octanol–water partition coefficient (Wildman–Crippen LogP) is 3.83. The molecule has 23 heavy (non-hydrogen) atoms. The molecule has 4 nitrogen and oxygen atoms in total. The summed E-state index contributed by atoms with van der Waals surface area (Å²) in [5.41, 5.74) is 3.34. The van der Waals surface area contributed by atoms with Crippen molar-refractivity contribution in [2.24, 2.45) is 0 Å². The van der Waals surface area contributed by atoms with Gasteiger partial charge in [0.1, 0.15) is 0 Å². The lowest BCUT2D eigenvalue weighted by Gasteiger charge is -2.20. The summed E-state index contributed by atoms with van der Waals surface area (Å²) < 4.78 is 24.0. The lowest BCUT2D eigenvalue weighted by atomic mass is 10.1. The molecule has 0 saturated carbocycles. The summed E-state index contributed by atoms with van der Waals surface area (Å²) in [6.07, 6.45) is 1.63. The van der Waals surface area contributed by atoms with Gasteiger partial charge in [-0.2, -0.15) is 0 Å². The minimum atomic E-state index is -3.42. The van der Waals surface area contributed by atoms with Crippen LogP contribution >= 0.6 is 11.6 Å². The first kappa shape index (κ1) is 16.3. The largest absolute Gasteiger partial charge is 0.362 e. The molecule has 2 heterocycles. The smallest absolute Gasteiger partial charge is 0.200 e. The summed E-state index contributed by atoms with van der Waals surface area (Å²) in [4.78, 5) is 6.34. The molecule has 0 unspecified atom stereocenters. The van der Waals surface area contributed by atoms with Gasteiger partial charge < -0.3 is 4.90 Å². The van der Waals surface area contributed by atoms with Crippen LogP contribution in [-0.4, -0.2) is 18.1 Å². The second-order valence-corrected chi connectivity index (χ2v) is 9.83. The molecule has 3 rings (SSSR count). The molecule has 1 aromatic heterocycles. The lowest BCUT2D eigenvalue weighted by Crippen LogP contribution is -2.28. The Morgan fingerprint density at radius 1 is 1.09 bits per heavy atom. The second-order valence-electron chi connectivity index (χ2n) is 6.74. The number of hydrogen-bond acceptors (Lipinski definition) is 4. The van der Waals surface area contributed by atoms with Crippen molar-refractivity contribution < 1.29 is 8.42 Å². The Balaban J connectivity index is 1.85. The van der Waals surface area contributed by atoms with Crippen LogP contribution < -0.4 is 4.90 Å². The van der Waals surface area contributed by atoms with E-state index in [4.69, 9.17) is 11.6 Å². The van der Waals surface area contributed by atoms with Crippen LogP contribution in [0.15, 0.2) is 41.6 Å². The Labute approximate surface area is 142 Å². The van der Waals surface area contributed by atoms with Gasteiger partial charge >= 0.3 is 0 Å². The summed E-state index contributed by atoms with van der Waals surface area (Å²) in [6.45, 7) is 6.57. The number of halogens is 1. The molecule has 0 spiro atoms. The Morgan fingerprint density at radius 2 is 1.78 bits per heavy atom. The molecule has 0 bridgehead atoms. The van der Waals surface area contributed by atoms with Gasteiger partial charge in [0.15, 0.2) is 14.9 Å². The Morgan fingerprint density at radius 3 is 2.39 bits per heavy atom.